The van der Waals surface area contributed by atoms with E-state index in [1.807, 2.05) is 13.8 Å². The standard InChI is InChI=1S/C13H11Cl3N2O2/c1-6(2)5-9-13(18(19)20)10(15)7-3-4-8(14)11(16)12(7)17-9/h3-4,6H,5H2,1-2H3. The first kappa shape index (κ1) is 15.3. The predicted octanol–water partition coefficient (Wildman–Crippen LogP) is 5.30. The molecule has 0 fully saturated rings. The molecule has 0 amide bonds. The van der Waals surface area contributed by atoms with Crippen molar-refractivity contribution in [3.8, 4) is 0 Å². The van der Waals surface area contributed by atoms with Crippen molar-refractivity contribution in [2.75, 3.05) is 0 Å². The van der Waals surface area contributed by atoms with Crippen LogP contribution in [0.2, 0.25) is 15.1 Å². The van der Waals surface area contributed by atoms with Crippen molar-refractivity contribution in [1.29, 1.82) is 0 Å². The van der Waals surface area contributed by atoms with Gasteiger partial charge in [0.15, 0.2) is 0 Å². The van der Waals surface area contributed by atoms with Crippen LogP contribution in [-0.4, -0.2) is 9.91 Å². The van der Waals surface area contributed by atoms with Crippen molar-refractivity contribution >= 4 is 51.4 Å². The molecule has 0 unspecified atom stereocenters. The average molecular weight is 334 g/mol. The van der Waals surface area contributed by atoms with E-state index in [1.165, 1.54) is 0 Å². The van der Waals surface area contributed by atoms with Gasteiger partial charge in [0, 0.05) is 5.39 Å². The molecule has 2 aromatic rings. The van der Waals surface area contributed by atoms with Crippen LogP contribution in [0.4, 0.5) is 5.69 Å². The maximum atomic E-state index is 11.2. The molecule has 1 aromatic heterocycles. The minimum Gasteiger partial charge on any atom is -0.258 e. The van der Waals surface area contributed by atoms with E-state index >= 15 is 0 Å². The van der Waals surface area contributed by atoms with Gasteiger partial charge in [-0.3, -0.25) is 10.1 Å². The summed E-state index contributed by atoms with van der Waals surface area (Å²) in [7, 11) is 0. The van der Waals surface area contributed by atoms with Gasteiger partial charge in [0.1, 0.15) is 10.7 Å². The summed E-state index contributed by atoms with van der Waals surface area (Å²) in [4.78, 5) is 15.1. The summed E-state index contributed by atoms with van der Waals surface area (Å²) in [6, 6.07) is 3.14. The SMILES string of the molecule is CC(C)Cc1nc2c(Cl)c(Cl)ccc2c(Cl)c1[N+](=O)[O-]. The molecule has 2 rings (SSSR count). The summed E-state index contributed by atoms with van der Waals surface area (Å²) < 4.78 is 0. The van der Waals surface area contributed by atoms with Gasteiger partial charge in [-0.1, -0.05) is 48.7 Å². The van der Waals surface area contributed by atoms with Crippen molar-refractivity contribution in [2.24, 2.45) is 5.92 Å². The van der Waals surface area contributed by atoms with Crippen LogP contribution in [0, 0.1) is 16.0 Å². The van der Waals surface area contributed by atoms with E-state index in [0.717, 1.165) is 0 Å². The van der Waals surface area contributed by atoms with Crippen LogP contribution in [0.25, 0.3) is 10.9 Å². The molecule has 0 atom stereocenters. The smallest absolute Gasteiger partial charge is 0.258 e. The first-order valence-corrected chi connectivity index (χ1v) is 7.06. The minimum atomic E-state index is -0.505. The number of aromatic nitrogens is 1. The number of pyridine rings is 1. The Balaban J connectivity index is 2.85. The zero-order valence-electron chi connectivity index (χ0n) is 10.8. The fourth-order valence-electron chi connectivity index (χ4n) is 1.98. The molecular weight excluding hydrogens is 323 g/mol. The highest BCUT2D eigenvalue weighted by atomic mass is 35.5. The second kappa shape index (κ2) is 5.72. The highest BCUT2D eigenvalue weighted by Crippen LogP contribution is 2.39. The third kappa shape index (κ3) is 2.68. The number of nitrogens with zero attached hydrogens (tertiary/aromatic N) is 2. The van der Waals surface area contributed by atoms with E-state index < -0.39 is 4.92 Å². The van der Waals surface area contributed by atoms with E-state index in [-0.39, 0.29) is 21.7 Å². The first-order chi connectivity index (χ1) is 9.32. The minimum absolute atomic E-state index is 0.0502. The lowest BCUT2D eigenvalue weighted by Crippen LogP contribution is -2.04. The van der Waals surface area contributed by atoms with Gasteiger partial charge < -0.3 is 0 Å². The summed E-state index contributed by atoms with van der Waals surface area (Å²) in [5, 5.41) is 12.3. The summed E-state index contributed by atoms with van der Waals surface area (Å²) in [5.74, 6) is 0.202. The van der Waals surface area contributed by atoms with Crippen LogP contribution in [0.3, 0.4) is 0 Å². The zero-order chi connectivity index (χ0) is 15.0. The Kier molecular flexibility index (Phi) is 4.37. The fourth-order valence-corrected chi connectivity index (χ4v) is 2.67. The number of hydrogen-bond donors (Lipinski definition) is 0. The average Bonchev–Trinajstić information content (AvgIpc) is 2.33. The largest absolute Gasteiger partial charge is 0.309 e. The molecule has 0 aliphatic rings. The number of nitro groups is 1. The lowest BCUT2D eigenvalue weighted by atomic mass is 10.0. The van der Waals surface area contributed by atoms with E-state index in [4.69, 9.17) is 34.8 Å². The molecule has 0 aliphatic heterocycles. The molecule has 0 bridgehead atoms. The Bertz CT molecular complexity index is 702. The number of halogens is 3. The molecule has 0 saturated heterocycles. The molecule has 4 nitrogen and oxygen atoms in total. The zero-order valence-corrected chi connectivity index (χ0v) is 13.1. The number of rotatable bonds is 3. The van der Waals surface area contributed by atoms with Crippen molar-refractivity contribution in [3.05, 3.63) is 43.0 Å². The van der Waals surface area contributed by atoms with Gasteiger partial charge in [0.25, 0.3) is 0 Å². The van der Waals surface area contributed by atoms with E-state index in [1.54, 1.807) is 12.1 Å². The Morgan fingerprint density at radius 3 is 2.45 bits per heavy atom. The number of fused-ring (bicyclic) bond motifs is 1. The topological polar surface area (TPSA) is 56.0 Å². The second-order valence-electron chi connectivity index (χ2n) is 4.83. The Morgan fingerprint density at radius 1 is 1.25 bits per heavy atom. The molecule has 0 radical (unpaired) electrons. The molecule has 0 spiro atoms. The van der Waals surface area contributed by atoms with E-state index in [9.17, 15) is 10.1 Å². The monoisotopic (exact) mass is 332 g/mol. The van der Waals surface area contributed by atoms with Gasteiger partial charge in [0.05, 0.1) is 20.5 Å². The molecule has 106 valence electrons. The second-order valence-corrected chi connectivity index (χ2v) is 6.00. The predicted molar refractivity (Wildman–Crippen MR) is 82.0 cm³/mol. The summed E-state index contributed by atoms with van der Waals surface area (Å²) in [5.41, 5.74) is 0.559. The molecule has 1 heterocycles. The van der Waals surface area contributed by atoms with Crippen molar-refractivity contribution in [1.82, 2.24) is 4.98 Å². The molecule has 0 saturated carbocycles. The highest BCUT2D eigenvalue weighted by molar-refractivity contribution is 6.46. The maximum Gasteiger partial charge on any atom is 0.309 e. The lowest BCUT2D eigenvalue weighted by molar-refractivity contribution is -0.385. The van der Waals surface area contributed by atoms with Crippen LogP contribution in [0.1, 0.15) is 19.5 Å². The molecule has 0 aliphatic carbocycles. The van der Waals surface area contributed by atoms with Crippen LogP contribution >= 0.6 is 34.8 Å². The van der Waals surface area contributed by atoms with Crippen LogP contribution in [0.5, 0.6) is 0 Å². The van der Waals surface area contributed by atoms with Crippen molar-refractivity contribution in [2.45, 2.75) is 20.3 Å². The van der Waals surface area contributed by atoms with Gasteiger partial charge in [-0.05, 0) is 24.5 Å². The fraction of sp³-hybridized carbons (Fsp3) is 0.308. The van der Waals surface area contributed by atoms with Gasteiger partial charge in [-0.2, -0.15) is 0 Å². The van der Waals surface area contributed by atoms with Gasteiger partial charge in [-0.15, -0.1) is 0 Å². The van der Waals surface area contributed by atoms with Gasteiger partial charge >= 0.3 is 5.69 Å². The summed E-state index contributed by atoms with van der Waals surface area (Å²) in [6.45, 7) is 3.90. The Labute approximate surface area is 130 Å². The van der Waals surface area contributed by atoms with Crippen LogP contribution in [0.15, 0.2) is 12.1 Å². The van der Waals surface area contributed by atoms with E-state index in [0.29, 0.717) is 28.0 Å². The van der Waals surface area contributed by atoms with Crippen LogP contribution < -0.4 is 0 Å². The van der Waals surface area contributed by atoms with Crippen molar-refractivity contribution in [3.63, 3.8) is 0 Å². The normalized spacial score (nSPS) is 11.3. The Morgan fingerprint density at radius 2 is 1.90 bits per heavy atom. The van der Waals surface area contributed by atoms with E-state index in [2.05, 4.69) is 4.98 Å². The number of benzene rings is 1. The molecular formula is C13H11Cl3N2O2. The summed E-state index contributed by atoms with van der Waals surface area (Å²) >= 11 is 18.2. The van der Waals surface area contributed by atoms with Gasteiger partial charge in [-0.25, -0.2) is 4.98 Å². The maximum absolute atomic E-state index is 11.2. The lowest BCUT2D eigenvalue weighted by Gasteiger charge is -2.10. The highest BCUT2D eigenvalue weighted by Gasteiger charge is 2.25. The molecule has 20 heavy (non-hydrogen) atoms. The first-order valence-electron chi connectivity index (χ1n) is 5.93. The quantitative estimate of drug-likeness (QED) is 0.565. The summed E-state index contributed by atoms with van der Waals surface area (Å²) in [6.07, 6.45) is 0.439. The van der Waals surface area contributed by atoms with Gasteiger partial charge in [0.2, 0.25) is 0 Å². The number of hydrogen-bond acceptors (Lipinski definition) is 3. The third-order valence-electron chi connectivity index (χ3n) is 2.82. The molecule has 7 heteroatoms. The molecule has 1 aromatic carbocycles. The van der Waals surface area contributed by atoms with Crippen molar-refractivity contribution < 1.29 is 4.92 Å². The van der Waals surface area contributed by atoms with Crippen LogP contribution in [-0.2, 0) is 6.42 Å². The molecule has 0 N–H and O–H groups in total. The Hall–Kier alpha value is -1.10. The third-order valence-corrected chi connectivity index (χ3v) is 3.99.